The predicted octanol–water partition coefficient (Wildman–Crippen LogP) is 4.82. The highest BCUT2D eigenvalue weighted by Crippen LogP contribution is 2.30. The minimum Gasteiger partial charge on any atom is -0.495 e. The number of hydrogen-bond donors (Lipinski definition) is 2. The zero-order chi connectivity index (χ0) is 21.8. The van der Waals surface area contributed by atoms with Crippen LogP contribution in [0.2, 0.25) is 0 Å². The largest absolute Gasteiger partial charge is 0.495 e. The van der Waals surface area contributed by atoms with Crippen molar-refractivity contribution in [1.29, 1.82) is 0 Å². The van der Waals surface area contributed by atoms with Crippen LogP contribution < -0.4 is 15.4 Å². The van der Waals surface area contributed by atoms with Gasteiger partial charge in [-0.3, -0.25) is 9.59 Å². The smallest absolute Gasteiger partial charge is 0.274 e. The van der Waals surface area contributed by atoms with Gasteiger partial charge in [0.1, 0.15) is 17.1 Å². The number of para-hydroxylation sites is 1. The first kappa shape index (κ1) is 20.4. The maximum atomic E-state index is 13.3. The number of anilines is 2. The quantitative estimate of drug-likeness (QED) is 0.457. The number of benzene rings is 2. The molecule has 0 unspecified atom stereocenters. The number of amides is 2. The summed E-state index contributed by atoms with van der Waals surface area (Å²) in [5, 5.41) is 12.2. The second-order valence-electron chi connectivity index (χ2n) is 6.69. The minimum atomic E-state index is -0.350. The van der Waals surface area contributed by atoms with Gasteiger partial charge in [0.05, 0.1) is 23.4 Å². The highest BCUT2D eigenvalue weighted by atomic mass is 32.1. The molecule has 156 valence electrons. The summed E-state index contributed by atoms with van der Waals surface area (Å²) in [5.41, 5.74) is 2.86. The van der Waals surface area contributed by atoms with Crippen molar-refractivity contribution in [3.63, 3.8) is 0 Å². The van der Waals surface area contributed by atoms with Crippen molar-refractivity contribution >= 4 is 34.5 Å². The molecule has 2 aromatic heterocycles. The van der Waals surface area contributed by atoms with Gasteiger partial charge in [0.15, 0.2) is 0 Å². The van der Waals surface area contributed by atoms with Gasteiger partial charge in [-0.2, -0.15) is 5.10 Å². The molecule has 31 heavy (non-hydrogen) atoms. The van der Waals surface area contributed by atoms with Crippen LogP contribution in [-0.4, -0.2) is 28.7 Å². The Kier molecular flexibility index (Phi) is 5.81. The van der Waals surface area contributed by atoms with Gasteiger partial charge >= 0.3 is 0 Å². The summed E-state index contributed by atoms with van der Waals surface area (Å²) >= 11 is 1.55. The Bertz CT molecular complexity index is 1220. The summed E-state index contributed by atoms with van der Waals surface area (Å²) in [4.78, 5) is 25.6. The van der Waals surface area contributed by atoms with Crippen LogP contribution >= 0.6 is 11.3 Å². The van der Waals surface area contributed by atoms with E-state index in [4.69, 9.17) is 4.74 Å². The SMILES string of the molecule is COc1ccc(NC(C)=O)cc1NC(=O)c1cc(-c2cccs2)nn1-c1ccccc1. The van der Waals surface area contributed by atoms with Gasteiger partial charge in [0, 0.05) is 12.6 Å². The van der Waals surface area contributed by atoms with Crippen LogP contribution in [0, 0.1) is 0 Å². The van der Waals surface area contributed by atoms with E-state index < -0.39 is 0 Å². The summed E-state index contributed by atoms with van der Waals surface area (Å²) in [6.07, 6.45) is 0. The van der Waals surface area contributed by atoms with Crippen molar-refractivity contribution in [2.45, 2.75) is 6.92 Å². The highest BCUT2D eigenvalue weighted by molar-refractivity contribution is 7.13. The molecule has 0 atom stereocenters. The third kappa shape index (κ3) is 4.49. The number of carbonyl (C=O) groups is 2. The molecule has 0 fully saturated rings. The second-order valence-corrected chi connectivity index (χ2v) is 7.64. The molecule has 0 aliphatic heterocycles. The summed E-state index contributed by atoms with van der Waals surface area (Å²) in [6.45, 7) is 1.42. The van der Waals surface area contributed by atoms with E-state index in [9.17, 15) is 9.59 Å². The molecule has 0 aliphatic rings. The molecule has 0 bridgehead atoms. The average Bonchev–Trinajstić information content (AvgIpc) is 3.44. The van der Waals surface area contributed by atoms with E-state index in [1.54, 1.807) is 40.3 Å². The monoisotopic (exact) mass is 432 g/mol. The van der Waals surface area contributed by atoms with Crippen LogP contribution in [-0.2, 0) is 4.79 Å². The number of nitrogens with one attached hydrogen (secondary N) is 2. The first-order valence-electron chi connectivity index (χ1n) is 9.51. The topological polar surface area (TPSA) is 85.2 Å². The fourth-order valence-electron chi connectivity index (χ4n) is 3.13. The molecular formula is C23H20N4O3S. The average molecular weight is 433 g/mol. The third-order valence-corrected chi connectivity index (χ3v) is 5.38. The molecule has 0 radical (unpaired) electrons. The molecule has 8 heteroatoms. The van der Waals surface area contributed by atoms with Gasteiger partial charge < -0.3 is 15.4 Å². The predicted molar refractivity (Wildman–Crippen MR) is 122 cm³/mol. The van der Waals surface area contributed by atoms with E-state index in [0.29, 0.717) is 28.5 Å². The van der Waals surface area contributed by atoms with Gasteiger partial charge in [-0.15, -0.1) is 11.3 Å². The Labute approximate surface area is 183 Å². The van der Waals surface area contributed by atoms with E-state index in [2.05, 4.69) is 15.7 Å². The summed E-state index contributed by atoms with van der Waals surface area (Å²) in [7, 11) is 1.52. The van der Waals surface area contributed by atoms with E-state index in [1.807, 2.05) is 47.8 Å². The lowest BCUT2D eigenvalue weighted by atomic mass is 10.2. The molecule has 2 N–H and O–H groups in total. The summed E-state index contributed by atoms with van der Waals surface area (Å²) in [6, 6.07) is 20.2. The van der Waals surface area contributed by atoms with Crippen molar-refractivity contribution in [2.24, 2.45) is 0 Å². The lowest BCUT2D eigenvalue weighted by Crippen LogP contribution is -2.17. The number of ether oxygens (including phenoxy) is 1. The summed E-state index contributed by atoms with van der Waals surface area (Å²) < 4.78 is 6.99. The first-order valence-corrected chi connectivity index (χ1v) is 10.4. The Hall–Kier alpha value is -3.91. The van der Waals surface area contributed by atoms with Gasteiger partial charge in [-0.05, 0) is 47.8 Å². The van der Waals surface area contributed by atoms with Gasteiger partial charge in [-0.25, -0.2) is 4.68 Å². The third-order valence-electron chi connectivity index (χ3n) is 4.48. The molecule has 2 amide bonds. The van der Waals surface area contributed by atoms with Gasteiger partial charge in [0.2, 0.25) is 5.91 Å². The molecule has 0 aliphatic carbocycles. The molecule has 0 saturated carbocycles. The molecule has 4 rings (SSSR count). The standard InChI is InChI=1S/C23H20N4O3S/c1-15(28)24-16-10-11-21(30-2)18(13-16)25-23(29)20-14-19(22-9-6-12-31-22)26-27(20)17-7-4-3-5-8-17/h3-14H,1-2H3,(H,24,28)(H,25,29). The Morgan fingerprint density at radius 1 is 1.00 bits per heavy atom. The van der Waals surface area contributed by atoms with E-state index in [0.717, 1.165) is 10.6 Å². The van der Waals surface area contributed by atoms with Crippen molar-refractivity contribution < 1.29 is 14.3 Å². The molecule has 0 saturated heterocycles. The Balaban J connectivity index is 1.72. The number of methoxy groups -OCH3 is 1. The number of aromatic nitrogens is 2. The Morgan fingerprint density at radius 2 is 1.81 bits per heavy atom. The summed E-state index contributed by atoms with van der Waals surface area (Å²) in [5.74, 6) is -0.0747. The number of carbonyl (C=O) groups excluding carboxylic acids is 2. The molecule has 2 heterocycles. The number of hydrogen-bond acceptors (Lipinski definition) is 5. The van der Waals surface area contributed by atoms with Crippen molar-refractivity contribution in [3.8, 4) is 22.0 Å². The zero-order valence-electron chi connectivity index (χ0n) is 17.0. The fraction of sp³-hybridized carbons (Fsp3) is 0.0870. The normalized spacial score (nSPS) is 10.5. The van der Waals surface area contributed by atoms with Crippen LogP contribution in [0.3, 0.4) is 0 Å². The highest BCUT2D eigenvalue weighted by Gasteiger charge is 2.19. The van der Waals surface area contributed by atoms with E-state index in [-0.39, 0.29) is 11.8 Å². The minimum absolute atomic E-state index is 0.204. The zero-order valence-corrected chi connectivity index (χ0v) is 17.8. The van der Waals surface area contributed by atoms with Crippen LogP contribution in [0.25, 0.3) is 16.3 Å². The van der Waals surface area contributed by atoms with Gasteiger partial charge in [0.25, 0.3) is 5.91 Å². The lowest BCUT2D eigenvalue weighted by Gasteiger charge is -2.13. The fourth-order valence-corrected chi connectivity index (χ4v) is 3.81. The molecule has 7 nitrogen and oxygen atoms in total. The second kappa shape index (κ2) is 8.85. The van der Waals surface area contributed by atoms with Crippen LogP contribution in [0.15, 0.2) is 72.1 Å². The molecule has 4 aromatic rings. The van der Waals surface area contributed by atoms with Crippen molar-refractivity contribution in [1.82, 2.24) is 9.78 Å². The number of nitrogens with zero attached hydrogens (tertiary/aromatic N) is 2. The van der Waals surface area contributed by atoms with Crippen LogP contribution in [0.1, 0.15) is 17.4 Å². The lowest BCUT2D eigenvalue weighted by molar-refractivity contribution is -0.114. The molecule has 0 spiro atoms. The maximum Gasteiger partial charge on any atom is 0.274 e. The van der Waals surface area contributed by atoms with Crippen LogP contribution in [0.5, 0.6) is 5.75 Å². The molecular weight excluding hydrogens is 412 g/mol. The van der Waals surface area contributed by atoms with Crippen molar-refractivity contribution in [2.75, 3.05) is 17.7 Å². The van der Waals surface area contributed by atoms with E-state index in [1.165, 1.54) is 14.0 Å². The maximum absolute atomic E-state index is 13.3. The van der Waals surface area contributed by atoms with Crippen molar-refractivity contribution in [3.05, 3.63) is 77.8 Å². The van der Waals surface area contributed by atoms with Crippen LogP contribution in [0.4, 0.5) is 11.4 Å². The first-order chi connectivity index (χ1) is 15.0. The van der Waals surface area contributed by atoms with E-state index >= 15 is 0 Å². The number of thiophene rings is 1. The molecule has 2 aromatic carbocycles. The Morgan fingerprint density at radius 3 is 2.48 bits per heavy atom. The number of rotatable bonds is 6. The van der Waals surface area contributed by atoms with Gasteiger partial charge in [-0.1, -0.05) is 24.3 Å².